The van der Waals surface area contributed by atoms with E-state index in [2.05, 4.69) is 88.7 Å². The molecule has 5 aromatic rings. The Hall–Kier alpha value is -3.30. The molecule has 4 aromatic carbocycles. The molecule has 0 radical (unpaired) electrons. The number of hydrogen-bond acceptors (Lipinski definition) is 2. The summed E-state index contributed by atoms with van der Waals surface area (Å²) in [7, 11) is 0. The number of furan rings is 1. The zero-order chi connectivity index (χ0) is 19.9. The van der Waals surface area contributed by atoms with Gasteiger partial charge in [0.05, 0.1) is 5.39 Å². The van der Waals surface area contributed by atoms with Crippen LogP contribution in [0.1, 0.15) is 22.5 Å². The highest BCUT2D eigenvalue weighted by Gasteiger charge is 2.54. The first-order valence-electron chi connectivity index (χ1n) is 9.98. The Morgan fingerprint density at radius 3 is 2.03 bits per heavy atom. The number of ether oxygens (including phenoxy) is 1. The number of hydrogen-bond donors (Lipinski definition) is 0. The van der Waals surface area contributed by atoms with Crippen molar-refractivity contribution >= 4 is 26.9 Å². The minimum Gasteiger partial charge on any atom is -0.455 e. The van der Waals surface area contributed by atoms with Gasteiger partial charge in [-0.05, 0) is 46.5 Å². The molecule has 0 bridgehead atoms. The molecule has 0 N–H and O–H groups in total. The van der Waals surface area contributed by atoms with Crippen LogP contribution in [0, 0.1) is 0 Å². The zero-order valence-electron chi connectivity index (χ0n) is 15.9. The van der Waals surface area contributed by atoms with Crippen molar-refractivity contribution in [3.63, 3.8) is 0 Å². The Morgan fingerprint density at radius 2 is 1.30 bits per heavy atom. The van der Waals surface area contributed by atoms with E-state index in [0.29, 0.717) is 0 Å². The molecule has 0 saturated heterocycles. The fourth-order valence-electron chi connectivity index (χ4n) is 5.26. The van der Waals surface area contributed by atoms with E-state index in [1.165, 1.54) is 22.3 Å². The molecule has 0 atom stereocenters. The molecule has 2 heterocycles. The Kier molecular flexibility index (Phi) is 3.10. The number of fused-ring (bicyclic) bond motifs is 11. The quantitative estimate of drug-likeness (QED) is 0.236. The van der Waals surface area contributed by atoms with E-state index >= 15 is 0 Å². The van der Waals surface area contributed by atoms with Crippen LogP contribution in [0.15, 0.2) is 99.9 Å². The molecule has 1 aliphatic heterocycles. The van der Waals surface area contributed by atoms with Crippen LogP contribution in [0.3, 0.4) is 0 Å². The van der Waals surface area contributed by atoms with Crippen LogP contribution >= 0.6 is 15.9 Å². The number of para-hydroxylation sites is 1. The first-order chi connectivity index (χ1) is 14.8. The van der Waals surface area contributed by atoms with Gasteiger partial charge in [-0.3, -0.25) is 0 Å². The third kappa shape index (κ3) is 1.85. The van der Waals surface area contributed by atoms with Gasteiger partial charge in [0.2, 0.25) is 0 Å². The van der Waals surface area contributed by atoms with Gasteiger partial charge in [-0.25, -0.2) is 0 Å². The first kappa shape index (κ1) is 16.5. The Labute approximate surface area is 181 Å². The maximum absolute atomic E-state index is 6.62. The summed E-state index contributed by atoms with van der Waals surface area (Å²) in [6.07, 6.45) is 0. The minimum atomic E-state index is -0.539. The summed E-state index contributed by atoms with van der Waals surface area (Å²) in [6.45, 7) is 0. The molecule has 0 unspecified atom stereocenters. The second-order valence-electron chi connectivity index (χ2n) is 7.84. The lowest BCUT2D eigenvalue weighted by molar-refractivity contribution is 0.389. The first-order valence-corrected chi connectivity index (χ1v) is 10.8. The standard InChI is InChI=1S/C27H15BrO2/c28-16-13-14-19-24(15-16)30-26-25(19)29-23-12-6-5-11-22(23)27(26)20-9-3-1-7-17(20)18-8-2-4-10-21(18)27/h1-15H. The summed E-state index contributed by atoms with van der Waals surface area (Å²) in [4.78, 5) is 0. The maximum Gasteiger partial charge on any atom is 0.178 e. The summed E-state index contributed by atoms with van der Waals surface area (Å²) in [6, 6.07) is 31.8. The van der Waals surface area contributed by atoms with Crippen LogP contribution in [-0.2, 0) is 5.41 Å². The van der Waals surface area contributed by atoms with Gasteiger partial charge >= 0.3 is 0 Å². The summed E-state index contributed by atoms with van der Waals surface area (Å²) in [5.74, 6) is 2.54. The second kappa shape index (κ2) is 5.65. The van der Waals surface area contributed by atoms with E-state index in [1.807, 2.05) is 18.2 Å². The molecule has 7 rings (SSSR count). The monoisotopic (exact) mass is 450 g/mol. The minimum absolute atomic E-state index is 0.539. The fraction of sp³-hybridized carbons (Fsp3) is 0.0370. The van der Waals surface area contributed by atoms with E-state index in [-0.39, 0.29) is 0 Å². The van der Waals surface area contributed by atoms with E-state index < -0.39 is 5.41 Å². The summed E-state index contributed by atoms with van der Waals surface area (Å²) in [5.41, 5.74) is 6.37. The molecular formula is C27H15BrO2. The van der Waals surface area contributed by atoms with Crippen LogP contribution < -0.4 is 4.74 Å². The van der Waals surface area contributed by atoms with Crippen LogP contribution in [-0.4, -0.2) is 0 Å². The SMILES string of the molecule is Brc1ccc2c3c(oc2c1)C1(c2ccccc2O3)c2ccccc2-c2ccccc21. The molecule has 142 valence electrons. The van der Waals surface area contributed by atoms with Gasteiger partial charge in [0.15, 0.2) is 11.5 Å². The Morgan fingerprint density at radius 1 is 0.667 bits per heavy atom. The number of rotatable bonds is 0. The molecule has 1 spiro atoms. The van der Waals surface area contributed by atoms with E-state index in [9.17, 15) is 0 Å². The lowest BCUT2D eigenvalue weighted by Gasteiger charge is -2.36. The van der Waals surface area contributed by atoms with Crippen molar-refractivity contribution in [2.45, 2.75) is 5.41 Å². The average Bonchev–Trinajstić information content (AvgIpc) is 3.29. The summed E-state index contributed by atoms with van der Waals surface area (Å²) >= 11 is 3.58. The molecule has 0 fully saturated rings. The van der Waals surface area contributed by atoms with Crippen LogP contribution in [0.2, 0.25) is 0 Å². The molecule has 0 amide bonds. The van der Waals surface area contributed by atoms with Crippen molar-refractivity contribution in [1.82, 2.24) is 0 Å². The van der Waals surface area contributed by atoms with E-state index in [4.69, 9.17) is 9.15 Å². The Balaban J connectivity index is 1.72. The molecule has 2 nitrogen and oxygen atoms in total. The normalized spacial score (nSPS) is 14.7. The predicted molar refractivity (Wildman–Crippen MR) is 121 cm³/mol. The van der Waals surface area contributed by atoms with Crippen molar-refractivity contribution in [3.05, 3.63) is 118 Å². The smallest absolute Gasteiger partial charge is 0.178 e. The van der Waals surface area contributed by atoms with Gasteiger partial charge in [0.1, 0.15) is 16.7 Å². The van der Waals surface area contributed by atoms with Crippen molar-refractivity contribution in [1.29, 1.82) is 0 Å². The second-order valence-corrected chi connectivity index (χ2v) is 8.76. The third-order valence-electron chi connectivity index (χ3n) is 6.40. The van der Waals surface area contributed by atoms with Crippen LogP contribution in [0.25, 0.3) is 22.1 Å². The topological polar surface area (TPSA) is 22.4 Å². The molecule has 1 aromatic heterocycles. The lowest BCUT2D eigenvalue weighted by atomic mass is 9.69. The van der Waals surface area contributed by atoms with Crippen molar-refractivity contribution < 1.29 is 9.15 Å². The molecule has 30 heavy (non-hydrogen) atoms. The van der Waals surface area contributed by atoms with Crippen molar-refractivity contribution in [3.8, 4) is 22.6 Å². The van der Waals surface area contributed by atoms with Crippen LogP contribution in [0.5, 0.6) is 11.5 Å². The van der Waals surface area contributed by atoms with Gasteiger partial charge in [0.25, 0.3) is 0 Å². The number of halogens is 1. The molecular weight excluding hydrogens is 436 g/mol. The van der Waals surface area contributed by atoms with Gasteiger partial charge in [-0.15, -0.1) is 0 Å². The van der Waals surface area contributed by atoms with Gasteiger partial charge in [-0.1, -0.05) is 82.7 Å². The summed E-state index contributed by atoms with van der Waals surface area (Å²) in [5, 5.41) is 0.990. The van der Waals surface area contributed by atoms with Crippen molar-refractivity contribution in [2.75, 3.05) is 0 Å². The highest BCUT2D eigenvalue weighted by atomic mass is 79.9. The predicted octanol–water partition coefficient (Wildman–Crippen LogP) is 7.66. The Bertz CT molecular complexity index is 1450. The molecule has 2 aliphatic rings. The van der Waals surface area contributed by atoms with E-state index in [0.717, 1.165) is 38.3 Å². The van der Waals surface area contributed by atoms with Crippen LogP contribution in [0.4, 0.5) is 0 Å². The van der Waals surface area contributed by atoms with E-state index in [1.54, 1.807) is 0 Å². The fourth-order valence-corrected chi connectivity index (χ4v) is 5.60. The molecule has 3 heteroatoms. The largest absolute Gasteiger partial charge is 0.455 e. The number of benzene rings is 4. The highest BCUT2D eigenvalue weighted by molar-refractivity contribution is 9.10. The molecule has 1 aliphatic carbocycles. The molecule has 0 saturated carbocycles. The van der Waals surface area contributed by atoms with Gasteiger partial charge in [0, 0.05) is 10.0 Å². The lowest BCUT2D eigenvalue weighted by Crippen LogP contribution is -2.31. The summed E-state index contributed by atoms with van der Waals surface area (Å²) < 4.78 is 14.1. The van der Waals surface area contributed by atoms with Gasteiger partial charge in [-0.2, -0.15) is 0 Å². The highest BCUT2D eigenvalue weighted by Crippen LogP contribution is 2.63. The maximum atomic E-state index is 6.62. The zero-order valence-corrected chi connectivity index (χ0v) is 17.4. The average molecular weight is 451 g/mol. The third-order valence-corrected chi connectivity index (χ3v) is 6.90. The van der Waals surface area contributed by atoms with Crippen molar-refractivity contribution in [2.24, 2.45) is 0 Å². The van der Waals surface area contributed by atoms with Gasteiger partial charge < -0.3 is 9.15 Å².